The highest BCUT2D eigenvalue weighted by atomic mass is 16.5. The molecule has 1 aliphatic carbocycles. The van der Waals surface area contributed by atoms with Crippen molar-refractivity contribution in [3.05, 3.63) is 59.9 Å². The molecule has 8 heteroatoms. The highest BCUT2D eigenvalue weighted by Crippen LogP contribution is 2.20. The molecule has 3 aromatic rings. The summed E-state index contributed by atoms with van der Waals surface area (Å²) in [5.74, 6) is 0.735. The molecule has 0 bridgehead atoms. The highest BCUT2D eigenvalue weighted by molar-refractivity contribution is 6.04. The van der Waals surface area contributed by atoms with Gasteiger partial charge in [-0.05, 0) is 68.3 Å². The van der Waals surface area contributed by atoms with Crippen LogP contribution in [0, 0.1) is 6.92 Å². The number of amides is 3. The molecule has 0 atom stereocenters. The lowest BCUT2D eigenvalue weighted by Gasteiger charge is -2.09. The van der Waals surface area contributed by atoms with E-state index in [1.54, 1.807) is 55.5 Å². The normalized spacial score (nSPS) is 13.0. The molecule has 0 radical (unpaired) electrons. The Balaban J connectivity index is 1.35. The van der Waals surface area contributed by atoms with Gasteiger partial charge in [0.15, 0.2) is 5.82 Å². The van der Waals surface area contributed by atoms with E-state index in [1.807, 2.05) is 0 Å². The van der Waals surface area contributed by atoms with Crippen LogP contribution in [0.25, 0.3) is 11.5 Å². The Hall–Kier alpha value is -3.68. The van der Waals surface area contributed by atoms with Crippen LogP contribution < -0.4 is 16.0 Å². The second kappa shape index (κ2) is 7.51. The van der Waals surface area contributed by atoms with E-state index in [9.17, 15) is 9.59 Å². The number of aryl methyl sites for hydroxylation is 1. The number of benzene rings is 2. The fraction of sp³-hybridized carbons (Fsp3) is 0.200. The topological polar surface area (TPSA) is 109 Å². The van der Waals surface area contributed by atoms with Gasteiger partial charge in [0.25, 0.3) is 11.8 Å². The number of urea groups is 1. The molecule has 1 fully saturated rings. The van der Waals surface area contributed by atoms with Crippen LogP contribution in [0.3, 0.4) is 0 Å². The molecule has 142 valence electrons. The van der Waals surface area contributed by atoms with Gasteiger partial charge < -0.3 is 20.5 Å². The summed E-state index contributed by atoms with van der Waals surface area (Å²) in [7, 11) is 0. The van der Waals surface area contributed by atoms with E-state index in [2.05, 4.69) is 26.1 Å². The lowest BCUT2D eigenvalue weighted by atomic mass is 10.1. The van der Waals surface area contributed by atoms with Crippen LogP contribution in [0.2, 0.25) is 0 Å². The summed E-state index contributed by atoms with van der Waals surface area (Å²) < 4.78 is 5.11. The first-order valence-electron chi connectivity index (χ1n) is 8.96. The monoisotopic (exact) mass is 377 g/mol. The van der Waals surface area contributed by atoms with E-state index in [4.69, 9.17) is 4.52 Å². The van der Waals surface area contributed by atoms with Gasteiger partial charge in [-0.25, -0.2) is 4.79 Å². The molecule has 4 rings (SSSR count). The minimum Gasteiger partial charge on any atom is -0.335 e. The van der Waals surface area contributed by atoms with Crippen molar-refractivity contribution < 1.29 is 14.1 Å². The third-order valence-corrected chi connectivity index (χ3v) is 4.23. The van der Waals surface area contributed by atoms with Crippen molar-refractivity contribution in [1.82, 2.24) is 15.5 Å². The number of nitrogens with zero attached hydrogens (tertiary/aromatic N) is 2. The highest BCUT2D eigenvalue weighted by Gasteiger charge is 2.23. The smallest absolute Gasteiger partial charge is 0.319 e. The second-order valence-electron chi connectivity index (χ2n) is 6.63. The summed E-state index contributed by atoms with van der Waals surface area (Å²) in [5.41, 5.74) is 2.55. The molecule has 3 amide bonds. The minimum absolute atomic E-state index is 0.212. The lowest BCUT2D eigenvalue weighted by Crippen LogP contribution is -2.30. The molecule has 3 N–H and O–H groups in total. The van der Waals surface area contributed by atoms with Gasteiger partial charge in [0.2, 0.25) is 0 Å². The van der Waals surface area contributed by atoms with Crippen LogP contribution >= 0.6 is 0 Å². The summed E-state index contributed by atoms with van der Waals surface area (Å²) in [6.45, 7) is 1.75. The Labute approximate surface area is 161 Å². The molecule has 2 aromatic carbocycles. The van der Waals surface area contributed by atoms with Crippen LogP contribution in [0.15, 0.2) is 53.1 Å². The molecular formula is C20H19N5O3. The minimum atomic E-state index is -0.236. The number of hydrogen-bond acceptors (Lipinski definition) is 5. The van der Waals surface area contributed by atoms with E-state index >= 15 is 0 Å². The molecule has 1 aromatic heterocycles. The van der Waals surface area contributed by atoms with Crippen molar-refractivity contribution in [1.29, 1.82) is 0 Å². The van der Waals surface area contributed by atoms with Gasteiger partial charge in [0.05, 0.1) is 0 Å². The quantitative estimate of drug-likeness (QED) is 0.630. The number of nitrogens with one attached hydrogen (secondary N) is 3. The maximum atomic E-state index is 12.4. The van der Waals surface area contributed by atoms with Gasteiger partial charge in [0, 0.05) is 28.5 Å². The van der Waals surface area contributed by atoms with Gasteiger partial charge in [-0.3, -0.25) is 4.79 Å². The largest absolute Gasteiger partial charge is 0.335 e. The molecule has 1 saturated carbocycles. The van der Waals surface area contributed by atoms with Crippen LogP contribution in [-0.4, -0.2) is 28.1 Å². The third-order valence-electron chi connectivity index (χ3n) is 4.23. The second-order valence-corrected chi connectivity index (χ2v) is 6.63. The van der Waals surface area contributed by atoms with Crippen molar-refractivity contribution in [3.63, 3.8) is 0 Å². The fourth-order valence-electron chi connectivity index (χ4n) is 2.60. The molecule has 8 nitrogen and oxygen atoms in total. The predicted molar refractivity (Wildman–Crippen MR) is 104 cm³/mol. The summed E-state index contributed by atoms with van der Waals surface area (Å²) in [5, 5.41) is 12.2. The average molecular weight is 377 g/mol. The van der Waals surface area contributed by atoms with Crippen LogP contribution in [0.1, 0.15) is 29.0 Å². The van der Waals surface area contributed by atoms with E-state index in [-0.39, 0.29) is 11.9 Å². The first kappa shape index (κ1) is 17.7. The molecule has 1 aliphatic rings. The van der Waals surface area contributed by atoms with Crippen molar-refractivity contribution in [3.8, 4) is 11.5 Å². The lowest BCUT2D eigenvalue weighted by molar-refractivity contribution is 0.102. The van der Waals surface area contributed by atoms with E-state index in [0.29, 0.717) is 34.7 Å². The van der Waals surface area contributed by atoms with E-state index in [0.717, 1.165) is 18.4 Å². The van der Waals surface area contributed by atoms with Crippen LogP contribution in [0.4, 0.5) is 16.2 Å². The first-order valence-corrected chi connectivity index (χ1v) is 8.96. The van der Waals surface area contributed by atoms with Gasteiger partial charge in [-0.15, -0.1) is 0 Å². The van der Waals surface area contributed by atoms with Crippen LogP contribution in [0.5, 0.6) is 0 Å². The summed E-state index contributed by atoms with van der Waals surface area (Å²) in [6, 6.07) is 13.9. The van der Waals surface area contributed by atoms with Gasteiger partial charge in [-0.1, -0.05) is 5.16 Å². The number of rotatable bonds is 5. The zero-order chi connectivity index (χ0) is 19.5. The Morgan fingerprint density at radius 1 is 0.964 bits per heavy atom. The molecule has 0 aliphatic heterocycles. The van der Waals surface area contributed by atoms with Gasteiger partial charge in [-0.2, -0.15) is 4.98 Å². The zero-order valence-corrected chi connectivity index (χ0v) is 15.2. The standard InChI is InChI=1S/C20H19N5O3/c1-12-21-19(28-25-12)14-4-2-13(3-5-14)18(26)22-15-6-8-16(9-7-15)23-20(27)24-17-10-11-17/h2-9,17H,10-11H2,1H3,(H,22,26)(H2,23,24,27). The number of carbonyl (C=O) groups excluding carboxylic acids is 2. The summed E-state index contributed by atoms with van der Waals surface area (Å²) in [6.07, 6.45) is 2.07. The molecule has 0 spiro atoms. The Kier molecular flexibility index (Phi) is 4.76. The van der Waals surface area contributed by atoms with Crippen molar-refractivity contribution in [2.45, 2.75) is 25.8 Å². The molecular weight excluding hydrogens is 358 g/mol. The average Bonchev–Trinajstić information content (AvgIpc) is 3.40. The Bertz CT molecular complexity index is 991. The summed E-state index contributed by atoms with van der Waals surface area (Å²) >= 11 is 0. The first-order chi connectivity index (χ1) is 13.6. The van der Waals surface area contributed by atoms with Crippen molar-refractivity contribution in [2.75, 3.05) is 10.6 Å². The SMILES string of the molecule is Cc1noc(-c2ccc(C(=O)Nc3ccc(NC(=O)NC4CC4)cc3)cc2)n1. The molecule has 1 heterocycles. The van der Waals surface area contributed by atoms with Crippen LogP contribution in [-0.2, 0) is 0 Å². The number of hydrogen-bond donors (Lipinski definition) is 3. The Morgan fingerprint density at radius 2 is 1.61 bits per heavy atom. The fourth-order valence-corrected chi connectivity index (χ4v) is 2.60. The number of carbonyl (C=O) groups is 2. The van der Waals surface area contributed by atoms with Crippen molar-refractivity contribution in [2.24, 2.45) is 0 Å². The Morgan fingerprint density at radius 3 is 2.18 bits per heavy atom. The predicted octanol–water partition coefficient (Wildman–Crippen LogP) is 3.58. The maximum absolute atomic E-state index is 12.4. The molecule has 28 heavy (non-hydrogen) atoms. The zero-order valence-electron chi connectivity index (χ0n) is 15.2. The van der Waals surface area contributed by atoms with E-state index < -0.39 is 0 Å². The van der Waals surface area contributed by atoms with Gasteiger partial charge >= 0.3 is 6.03 Å². The third kappa shape index (κ3) is 4.35. The number of aromatic nitrogens is 2. The number of anilines is 2. The summed E-state index contributed by atoms with van der Waals surface area (Å²) in [4.78, 5) is 28.3. The molecule has 0 unspecified atom stereocenters. The van der Waals surface area contributed by atoms with Crippen molar-refractivity contribution >= 4 is 23.3 Å². The maximum Gasteiger partial charge on any atom is 0.319 e. The van der Waals surface area contributed by atoms with Gasteiger partial charge in [0.1, 0.15) is 0 Å². The van der Waals surface area contributed by atoms with E-state index in [1.165, 1.54) is 0 Å². The molecule has 0 saturated heterocycles.